The predicted molar refractivity (Wildman–Crippen MR) is 85.7 cm³/mol. The highest BCUT2D eigenvalue weighted by Crippen LogP contribution is 2.22. The van der Waals surface area contributed by atoms with E-state index < -0.39 is 34.3 Å². The van der Waals surface area contributed by atoms with E-state index in [0.29, 0.717) is 0 Å². The highest BCUT2D eigenvalue weighted by Gasteiger charge is 2.38. The molecule has 1 aliphatic rings. The molecule has 7 nitrogen and oxygen atoms in total. The molecule has 0 unspecified atom stereocenters. The molecule has 8 heteroatoms. The van der Waals surface area contributed by atoms with E-state index in [1.54, 1.807) is 31.2 Å². The number of ether oxygens (including phenoxy) is 1. The van der Waals surface area contributed by atoms with Gasteiger partial charge in [0.15, 0.2) is 0 Å². The first kappa shape index (κ1) is 18.0. The summed E-state index contributed by atoms with van der Waals surface area (Å²) in [7, 11) is -3.07. The van der Waals surface area contributed by atoms with Gasteiger partial charge in [-0.2, -0.15) is 8.42 Å². The molecule has 0 aromatic heterocycles. The number of hydrogen-bond donors (Lipinski definition) is 0. The summed E-state index contributed by atoms with van der Waals surface area (Å²) >= 11 is 0. The summed E-state index contributed by atoms with van der Waals surface area (Å²) in [6.45, 7) is 3.47. The molecule has 0 saturated heterocycles. The van der Waals surface area contributed by atoms with Crippen molar-refractivity contribution < 1.29 is 26.9 Å². The summed E-state index contributed by atoms with van der Waals surface area (Å²) in [6.07, 6.45) is 2.56. The third-order valence-electron chi connectivity index (χ3n) is 3.72. The van der Waals surface area contributed by atoms with Crippen LogP contribution in [0.3, 0.4) is 0 Å². The van der Waals surface area contributed by atoms with Crippen molar-refractivity contribution in [2.24, 2.45) is 0 Å². The minimum Gasteiger partial charge on any atom is -0.467 e. The molecule has 0 aliphatic carbocycles. The maximum atomic E-state index is 12.4. The van der Waals surface area contributed by atoms with Crippen molar-refractivity contribution in [2.75, 3.05) is 7.11 Å². The minimum absolute atomic E-state index is 0.128. The second kappa shape index (κ2) is 7.04. The maximum absolute atomic E-state index is 12.4. The van der Waals surface area contributed by atoms with Crippen molar-refractivity contribution in [1.82, 2.24) is 4.90 Å². The van der Waals surface area contributed by atoms with Gasteiger partial charge in [-0.15, -0.1) is 0 Å². The number of amides is 1. The average Bonchev–Trinajstić information content (AvgIpc) is 2.53. The molecule has 0 N–H and O–H groups in total. The van der Waals surface area contributed by atoms with Crippen LogP contribution < -0.4 is 0 Å². The van der Waals surface area contributed by atoms with Crippen LogP contribution in [0.4, 0.5) is 4.79 Å². The number of esters is 1. The molecular weight excluding hydrogens is 334 g/mol. The lowest BCUT2D eigenvalue weighted by atomic mass is 10.0. The van der Waals surface area contributed by atoms with Crippen molar-refractivity contribution in [3.8, 4) is 0 Å². The lowest BCUT2D eigenvalue weighted by Gasteiger charge is -2.34. The highest BCUT2D eigenvalue weighted by atomic mass is 32.2. The number of methoxy groups -OCH3 is 1. The quantitative estimate of drug-likeness (QED) is 0.469. The zero-order chi connectivity index (χ0) is 17.9. The Bertz CT molecular complexity index is 753. The second-order valence-corrected chi connectivity index (χ2v) is 7.01. The summed E-state index contributed by atoms with van der Waals surface area (Å²) in [5, 5.41) is 0. The van der Waals surface area contributed by atoms with E-state index in [2.05, 4.69) is 4.74 Å². The second-order valence-electron chi connectivity index (χ2n) is 5.47. The van der Waals surface area contributed by atoms with Crippen molar-refractivity contribution in [3.05, 3.63) is 42.0 Å². The van der Waals surface area contributed by atoms with Crippen LogP contribution in [0.1, 0.15) is 18.9 Å². The number of aryl methyl sites for hydroxylation is 1. The Morgan fingerprint density at radius 3 is 2.42 bits per heavy atom. The summed E-state index contributed by atoms with van der Waals surface area (Å²) < 4.78 is 33.9. The first-order chi connectivity index (χ1) is 11.3. The average molecular weight is 353 g/mol. The van der Waals surface area contributed by atoms with Gasteiger partial charge in [0, 0.05) is 0 Å². The Labute approximate surface area is 141 Å². The van der Waals surface area contributed by atoms with Gasteiger partial charge < -0.3 is 8.92 Å². The van der Waals surface area contributed by atoms with E-state index in [1.165, 1.54) is 19.2 Å². The minimum atomic E-state index is -4.27. The van der Waals surface area contributed by atoms with Crippen LogP contribution in [0.2, 0.25) is 0 Å². The monoisotopic (exact) mass is 353 g/mol. The van der Waals surface area contributed by atoms with Crippen LogP contribution in [-0.4, -0.2) is 44.6 Å². The molecule has 2 rings (SSSR count). The molecule has 1 heterocycles. The molecule has 0 spiro atoms. The third-order valence-corrected chi connectivity index (χ3v) is 4.93. The largest absolute Gasteiger partial charge is 0.467 e. The van der Waals surface area contributed by atoms with Gasteiger partial charge in [0.2, 0.25) is 0 Å². The molecule has 1 aromatic rings. The van der Waals surface area contributed by atoms with Crippen LogP contribution in [-0.2, 0) is 23.8 Å². The molecule has 2 atom stereocenters. The van der Waals surface area contributed by atoms with E-state index >= 15 is 0 Å². The van der Waals surface area contributed by atoms with E-state index in [9.17, 15) is 18.0 Å². The van der Waals surface area contributed by atoms with Gasteiger partial charge >= 0.3 is 22.2 Å². The summed E-state index contributed by atoms with van der Waals surface area (Å²) in [5.74, 6) is -0.629. The molecule has 0 saturated carbocycles. The number of carbonyl (C=O) groups is 2. The first-order valence-corrected chi connectivity index (χ1v) is 8.75. The number of rotatable bonds is 3. The normalized spacial score (nSPS) is 20.5. The lowest BCUT2D eigenvalue weighted by molar-refractivity contribution is -0.146. The van der Waals surface area contributed by atoms with Crippen molar-refractivity contribution >= 4 is 22.2 Å². The van der Waals surface area contributed by atoms with E-state index in [1.807, 2.05) is 6.92 Å². The van der Waals surface area contributed by atoms with Crippen LogP contribution in [0.25, 0.3) is 0 Å². The molecule has 1 aliphatic heterocycles. The fraction of sp³-hybridized carbons (Fsp3) is 0.375. The topological polar surface area (TPSA) is 90.0 Å². The third kappa shape index (κ3) is 3.76. The van der Waals surface area contributed by atoms with E-state index in [-0.39, 0.29) is 11.3 Å². The fourth-order valence-corrected chi connectivity index (χ4v) is 3.26. The van der Waals surface area contributed by atoms with Gasteiger partial charge in [-0.3, -0.25) is 4.90 Å². The number of carbonyl (C=O) groups excluding carboxylic acids is 2. The van der Waals surface area contributed by atoms with Crippen molar-refractivity contribution in [3.63, 3.8) is 0 Å². The van der Waals surface area contributed by atoms with Gasteiger partial charge in [0.1, 0.15) is 10.9 Å². The Kier molecular flexibility index (Phi) is 5.28. The molecule has 0 bridgehead atoms. The highest BCUT2D eigenvalue weighted by molar-refractivity contribution is 7.87. The molecule has 130 valence electrons. The lowest BCUT2D eigenvalue weighted by Crippen LogP contribution is -2.51. The van der Waals surface area contributed by atoms with Crippen molar-refractivity contribution in [1.29, 1.82) is 0 Å². The predicted octanol–water partition coefficient (Wildman–Crippen LogP) is 2.01. The Balaban J connectivity index is 2.24. The molecular formula is C16H19NO6S. The fourth-order valence-electron chi connectivity index (χ4n) is 2.42. The van der Waals surface area contributed by atoms with Gasteiger partial charge in [0.05, 0.1) is 13.2 Å². The van der Waals surface area contributed by atoms with Gasteiger partial charge in [-0.25, -0.2) is 9.59 Å². The van der Waals surface area contributed by atoms with E-state index in [4.69, 9.17) is 4.18 Å². The Morgan fingerprint density at radius 2 is 1.83 bits per heavy atom. The smallest absolute Gasteiger partial charge is 0.426 e. The zero-order valence-corrected chi connectivity index (χ0v) is 14.4. The maximum Gasteiger partial charge on any atom is 0.426 e. The Morgan fingerprint density at radius 1 is 1.21 bits per heavy atom. The van der Waals surface area contributed by atoms with Gasteiger partial charge in [0.25, 0.3) is 0 Å². The summed E-state index contributed by atoms with van der Waals surface area (Å²) in [5.41, 5.74) is 0.876. The van der Waals surface area contributed by atoms with Crippen LogP contribution in [0, 0.1) is 6.92 Å². The Hall–Kier alpha value is -2.35. The molecule has 24 heavy (non-hydrogen) atoms. The summed E-state index contributed by atoms with van der Waals surface area (Å²) in [6, 6.07) is 4.50. The standard InChI is InChI=1S/C16H19NO6S/c1-11-7-9-13(10-8-11)24(20,21)23-16(19)17-12(2)5-4-6-14(17)15(18)22-3/h4-5,7-10,12,14H,6H2,1-3H3/t12-,14+/m0/s1. The zero-order valence-electron chi connectivity index (χ0n) is 13.6. The molecule has 0 radical (unpaired) electrons. The molecule has 1 aromatic carbocycles. The molecule has 0 fully saturated rings. The van der Waals surface area contributed by atoms with Crippen molar-refractivity contribution in [2.45, 2.75) is 37.2 Å². The van der Waals surface area contributed by atoms with Crippen LogP contribution in [0.5, 0.6) is 0 Å². The van der Waals surface area contributed by atoms with Crippen LogP contribution in [0.15, 0.2) is 41.3 Å². The SMILES string of the molecule is COC(=O)[C@H]1CC=C[C@H](C)N1C(=O)OS(=O)(=O)c1ccc(C)cc1. The number of nitrogens with zero attached hydrogens (tertiary/aromatic N) is 1. The van der Waals surface area contributed by atoms with Crippen LogP contribution >= 0.6 is 0 Å². The van der Waals surface area contributed by atoms with Gasteiger partial charge in [-0.05, 0) is 32.4 Å². The van der Waals surface area contributed by atoms with Gasteiger partial charge in [-0.1, -0.05) is 29.8 Å². The molecule has 1 amide bonds. The number of hydrogen-bond acceptors (Lipinski definition) is 6. The van der Waals surface area contributed by atoms with E-state index in [0.717, 1.165) is 10.5 Å². The summed E-state index contributed by atoms with van der Waals surface area (Å²) in [4.78, 5) is 25.2. The first-order valence-electron chi connectivity index (χ1n) is 7.34. The number of benzene rings is 1.